The Morgan fingerprint density at radius 2 is 2.09 bits per heavy atom. The molecule has 1 aliphatic carbocycles. The molecule has 10 heteroatoms. The number of nitrogens with one attached hydrogen (secondary N) is 1. The Kier molecular flexibility index (Phi) is 6.69. The first-order chi connectivity index (χ1) is 16.3. The van der Waals surface area contributed by atoms with Gasteiger partial charge in [-0.05, 0) is 61.9 Å². The number of benzene rings is 1. The van der Waals surface area contributed by atoms with E-state index in [1.54, 1.807) is 13.0 Å². The number of hydrogen-bond donors (Lipinski definition) is 1. The van der Waals surface area contributed by atoms with Gasteiger partial charge >= 0.3 is 5.97 Å². The van der Waals surface area contributed by atoms with Crippen LogP contribution in [0.5, 0.6) is 5.75 Å². The van der Waals surface area contributed by atoms with Crippen molar-refractivity contribution in [2.24, 2.45) is 5.92 Å². The van der Waals surface area contributed by atoms with Gasteiger partial charge in [0.2, 0.25) is 0 Å². The molecule has 3 aromatic rings. The maximum absolute atomic E-state index is 13.0. The molecule has 1 unspecified atom stereocenters. The second-order valence-electron chi connectivity index (χ2n) is 8.03. The van der Waals surface area contributed by atoms with Gasteiger partial charge in [0.1, 0.15) is 16.5 Å². The summed E-state index contributed by atoms with van der Waals surface area (Å²) in [6.07, 6.45) is 2.56. The molecule has 0 radical (unpaired) electrons. The molecule has 9 nitrogen and oxygen atoms in total. The minimum atomic E-state index is -0.556. The van der Waals surface area contributed by atoms with Crippen molar-refractivity contribution in [1.82, 2.24) is 0 Å². The van der Waals surface area contributed by atoms with Crippen LogP contribution >= 0.6 is 11.3 Å². The Morgan fingerprint density at radius 1 is 1.29 bits per heavy atom. The van der Waals surface area contributed by atoms with Crippen molar-refractivity contribution in [2.75, 3.05) is 19.0 Å². The fourth-order valence-electron chi connectivity index (χ4n) is 4.03. The first-order valence-electron chi connectivity index (χ1n) is 10.9. The predicted molar refractivity (Wildman–Crippen MR) is 127 cm³/mol. The number of hydrogen-bond acceptors (Lipinski definition) is 8. The molecular weight excluding hydrogens is 460 g/mol. The zero-order chi connectivity index (χ0) is 24.4. The minimum absolute atomic E-state index is 0.0327. The van der Waals surface area contributed by atoms with Gasteiger partial charge in [-0.1, -0.05) is 6.92 Å². The molecule has 0 spiro atoms. The van der Waals surface area contributed by atoms with Gasteiger partial charge < -0.3 is 19.2 Å². The second-order valence-corrected chi connectivity index (χ2v) is 9.14. The topological polar surface area (TPSA) is 121 Å². The van der Waals surface area contributed by atoms with E-state index in [2.05, 4.69) is 12.2 Å². The molecule has 1 aromatic carbocycles. The van der Waals surface area contributed by atoms with Crippen LogP contribution in [-0.2, 0) is 17.6 Å². The van der Waals surface area contributed by atoms with Crippen molar-refractivity contribution in [3.8, 4) is 17.1 Å². The SMILES string of the molecule is CCOC(=O)c1c(NC(=O)c2ccc(-c3ccc(OC)cc3[N+](=O)[O-])o2)sc2c1CCC(C)C2. The molecule has 2 aromatic heterocycles. The summed E-state index contributed by atoms with van der Waals surface area (Å²) in [7, 11) is 1.42. The van der Waals surface area contributed by atoms with E-state index in [4.69, 9.17) is 13.9 Å². The van der Waals surface area contributed by atoms with Crippen LogP contribution in [-0.4, -0.2) is 30.5 Å². The highest BCUT2D eigenvalue weighted by atomic mass is 32.1. The predicted octanol–water partition coefficient (Wildman–Crippen LogP) is 5.48. The normalized spacial score (nSPS) is 14.9. The van der Waals surface area contributed by atoms with Gasteiger partial charge in [0, 0.05) is 4.88 Å². The molecule has 0 fully saturated rings. The third-order valence-corrected chi connectivity index (χ3v) is 6.88. The largest absolute Gasteiger partial charge is 0.497 e. The van der Waals surface area contributed by atoms with Crippen LogP contribution in [0.1, 0.15) is 51.6 Å². The van der Waals surface area contributed by atoms with Gasteiger partial charge in [-0.3, -0.25) is 14.9 Å². The fraction of sp³-hybridized carbons (Fsp3) is 0.333. The number of rotatable bonds is 7. The van der Waals surface area contributed by atoms with Crippen molar-refractivity contribution < 1.29 is 28.4 Å². The zero-order valence-corrected chi connectivity index (χ0v) is 19.8. The van der Waals surface area contributed by atoms with E-state index in [-0.39, 0.29) is 29.4 Å². The van der Waals surface area contributed by atoms with Crippen molar-refractivity contribution in [3.05, 3.63) is 62.2 Å². The third kappa shape index (κ3) is 4.54. The lowest BCUT2D eigenvalue weighted by atomic mass is 9.88. The molecule has 178 valence electrons. The monoisotopic (exact) mass is 484 g/mol. The maximum atomic E-state index is 13.0. The smallest absolute Gasteiger partial charge is 0.341 e. The Labute approximate surface area is 199 Å². The van der Waals surface area contributed by atoms with Gasteiger partial charge in [-0.2, -0.15) is 0 Å². The molecule has 4 rings (SSSR count). The first kappa shape index (κ1) is 23.5. The number of esters is 1. The number of methoxy groups -OCH3 is 1. The molecule has 1 aliphatic rings. The fourth-order valence-corrected chi connectivity index (χ4v) is 5.42. The number of nitrogens with zero attached hydrogens (tertiary/aromatic N) is 1. The Bertz CT molecular complexity index is 1260. The summed E-state index contributed by atoms with van der Waals surface area (Å²) in [5, 5.41) is 14.7. The molecule has 2 heterocycles. The van der Waals surface area contributed by atoms with E-state index in [1.165, 1.54) is 42.7 Å². The van der Waals surface area contributed by atoms with Crippen molar-refractivity contribution >= 4 is 33.9 Å². The van der Waals surface area contributed by atoms with E-state index in [0.29, 0.717) is 22.2 Å². The number of fused-ring (bicyclic) bond motifs is 1. The first-order valence-corrected chi connectivity index (χ1v) is 11.7. The lowest BCUT2D eigenvalue weighted by Crippen LogP contribution is -2.16. The lowest BCUT2D eigenvalue weighted by molar-refractivity contribution is -0.384. The zero-order valence-electron chi connectivity index (χ0n) is 19.0. The Morgan fingerprint density at radius 3 is 2.79 bits per heavy atom. The number of carbonyl (C=O) groups is 2. The number of nitro groups is 1. The van der Waals surface area contributed by atoms with Crippen LogP contribution in [0.4, 0.5) is 10.7 Å². The molecule has 1 N–H and O–H groups in total. The summed E-state index contributed by atoms with van der Waals surface area (Å²) < 4.78 is 16.0. The standard InChI is InChI=1S/C24H24N2O7S/c1-4-32-24(28)21-16-7-5-13(2)11-20(16)34-23(21)25-22(27)19-10-9-18(33-19)15-8-6-14(31-3)12-17(15)26(29)30/h6,8-10,12-13H,4-5,7,11H2,1-3H3,(H,25,27). The second kappa shape index (κ2) is 9.68. The number of amides is 1. The summed E-state index contributed by atoms with van der Waals surface area (Å²) in [5.74, 6) is -0.0438. The summed E-state index contributed by atoms with van der Waals surface area (Å²) in [6, 6.07) is 7.31. The van der Waals surface area contributed by atoms with Crippen molar-refractivity contribution in [2.45, 2.75) is 33.1 Å². The molecule has 1 atom stereocenters. The van der Waals surface area contributed by atoms with E-state index in [1.807, 2.05) is 0 Å². The average Bonchev–Trinajstić information content (AvgIpc) is 3.43. The van der Waals surface area contributed by atoms with Crippen LogP contribution in [0.15, 0.2) is 34.7 Å². The number of nitro benzene ring substituents is 1. The lowest BCUT2D eigenvalue weighted by Gasteiger charge is -2.18. The minimum Gasteiger partial charge on any atom is -0.497 e. The summed E-state index contributed by atoms with van der Waals surface area (Å²) in [4.78, 5) is 37.7. The molecule has 0 aliphatic heterocycles. The molecule has 0 saturated heterocycles. The maximum Gasteiger partial charge on any atom is 0.341 e. The van der Waals surface area contributed by atoms with E-state index in [9.17, 15) is 19.7 Å². The summed E-state index contributed by atoms with van der Waals surface area (Å²) >= 11 is 1.38. The third-order valence-electron chi connectivity index (χ3n) is 5.72. The van der Waals surface area contributed by atoms with E-state index < -0.39 is 16.8 Å². The van der Waals surface area contributed by atoms with Crippen LogP contribution in [0, 0.1) is 16.0 Å². The highest BCUT2D eigenvalue weighted by Crippen LogP contribution is 2.40. The molecule has 34 heavy (non-hydrogen) atoms. The van der Waals surface area contributed by atoms with Crippen molar-refractivity contribution in [3.63, 3.8) is 0 Å². The number of carbonyl (C=O) groups excluding carboxylic acids is 2. The summed E-state index contributed by atoms with van der Waals surface area (Å²) in [6.45, 7) is 4.13. The molecule has 0 saturated carbocycles. The van der Waals surface area contributed by atoms with Crippen LogP contribution in [0.3, 0.4) is 0 Å². The average molecular weight is 485 g/mol. The van der Waals surface area contributed by atoms with Crippen LogP contribution in [0.2, 0.25) is 0 Å². The Hall–Kier alpha value is -3.66. The van der Waals surface area contributed by atoms with Gasteiger partial charge in [0.15, 0.2) is 5.76 Å². The number of ether oxygens (including phenoxy) is 2. The van der Waals surface area contributed by atoms with E-state index >= 15 is 0 Å². The van der Waals surface area contributed by atoms with Gasteiger partial charge in [0.05, 0.1) is 35.8 Å². The van der Waals surface area contributed by atoms with Gasteiger partial charge in [-0.25, -0.2) is 4.79 Å². The van der Waals surface area contributed by atoms with Crippen molar-refractivity contribution in [1.29, 1.82) is 0 Å². The molecule has 1 amide bonds. The number of thiophene rings is 1. The van der Waals surface area contributed by atoms with Gasteiger partial charge in [0.25, 0.3) is 11.6 Å². The molecule has 0 bridgehead atoms. The quantitative estimate of drug-likeness (QED) is 0.268. The van der Waals surface area contributed by atoms with Gasteiger partial charge in [-0.15, -0.1) is 11.3 Å². The number of furan rings is 1. The highest BCUT2D eigenvalue weighted by Gasteiger charge is 2.30. The summed E-state index contributed by atoms with van der Waals surface area (Å²) in [5.41, 5.74) is 1.36. The number of anilines is 1. The highest BCUT2D eigenvalue weighted by molar-refractivity contribution is 7.17. The van der Waals surface area contributed by atoms with E-state index in [0.717, 1.165) is 29.7 Å². The Balaban J connectivity index is 1.63. The van der Waals surface area contributed by atoms with Crippen LogP contribution < -0.4 is 10.1 Å². The van der Waals surface area contributed by atoms with Crippen LogP contribution in [0.25, 0.3) is 11.3 Å². The molecular formula is C24H24N2O7S.